The molecule has 1 aromatic heterocycles. The van der Waals surface area contributed by atoms with Crippen molar-refractivity contribution < 1.29 is 4.79 Å². The number of benzene rings is 1. The van der Waals surface area contributed by atoms with Crippen LogP contribution >= 0.6 is 11.3 Å². The van der Waals surface area contributed by atoms with Gasteiger partial charge < -0.3 is 5.32 Å². The van der Waals surface area contributed by atoms with Crippen LogP contribution in [0.2, 0.25) is 0 Å². The molecule has 31 heavy (non-hydrogen) atoms. The Morgan fingerprint density at radius 1 is 1.13 bits per heavy atom. The first-order chi connectivity index (χ1) is 15.1. The Balaban J connectivity index is 1.11. The molecule has 2 fully saturated rings. The average molecular weight is 439 g/mol. The standard InChI is InChI=1S/C25H34N4OS/c1-18-4-2-5-20(16-18)26-24(30)17-28-12-8-19(9-13-28)25-27-22-10-14-29(21-6-3-7-21)15-11-23(22)31-25/h2,4-5,16,19,21H,3,6-15,17H2,1H3,(H,26,30). The van der Waals surface area contributed by atoms with Crippen LogP contribution in [0.1, 0.15) is 59.2 Å². The van der Waals surface area contributed by atoms with E-state index in [1.54, 1.807) is 0 Å². The van der Waals surface area contributed by atoms with Crippen LogP contribution in [0.15, 0.2) is 24.3 Å². The molecular formula is C25H34N4OS. The number of hydrogen-bond donors (Lipinski definition) is 1. The summed E-state index contributed by atoms with van der Waals surface area (Å²) in [6.07, 6.45) is 8.73. The van der Waals surface area contributed by atoms with Gasteiger partial charge in [-0.2, -0.15) is 0 Å². The second kappa shape index (κ2) is 9.39. The van der Waals surface area contributed by atoms with E-state index in [9.17, 15) is 4.79 Å². The number of likely N-dealkylation sites (tertiary alicyclic amines) is 1. The summed E-state index contributed by atoms with van der Waals surface area (Å²) in [5, 5.41) is 4.39. The molecule has 1 N–H and O–H groups in total. The zero-order valence-corrected chi connectivity index (χ0v) is 19.4. The van der Waals surface area contributed by atoms with E-state index in [0.717, 1.165) is 49.6 Å². The summed E-state index contributed by atoms with van der Waals surface area (Å²) >= 11 is 1.98. The summed E-state index contributed by atoms with van der Waals surface area (Å²) in [5.41, 5.74) is 3.43. The van der Waals surface area contributed by atoms with Gasteiger partial charge in [-0.3, -0.25) is 14.6 Å². The number of piperidine rings is 1. The Kier molecular flexibility index (Phi) is 6.39. The smallest absolute Gasteiger partial charge is 0.238 e. The maximum Gasteiger partial charge on any atom is 0.238 e. The molecule has 1 saturated carbocycles. The zero-order valence-electron chi connectivity index (χ0n) is 18.6. The van der Waals surface area contributed by atoms with Gasteiger partial charge in [-0.15, -0.1) is 11.3 Å². The van der Waals surface area contributed by atoms with Crippen molar-refractivity contribution in [1.29, 1.82) is 0 Å². The number of nitrogens with one attached hydrogen (secondary N) is 1. The first-order valence-electron chi connectivity index (χ1n) is 12.0. The van der Waals surface area contributed by atoms with Crippen LogP contribution in [0.5, 0.6) is 0 Å². The molecule has 0 bridgehead atoms. The van der Waals surface area contributed by atoms with Crippen molar-refractivity contribution in [2.45, 2.75) is 63.8 Å². The molecule has 0 spiro atoms. The number of amides is 1. The molecule has 166 valence electrons. The fraction of sp³-hybridized carbons (Fsp3) is 0.600. The molecule has 1 aromatic carbocycles. The van der Waals surface area contributed by atoms with E-state index in [1.807, 2.05) is 42.5 Å². The van der Waals surface area contributed by atoms with Gasteiger partial charge in [0.2, 0.25) is 5.91 Å². The van der Waals surface area contributed by atoms with Gasteiger partial charge in [0.05, 0.1) is 17.2 Å². The predicted octanol–water partition coefficient (Wildman–Crippen LogP) is 4.22. The van der Waals surface area contributed by atoms with Crippen LogP contribution in [-0.2, 0) is 17.6 Å². The molecule has 6 heteroatoms. The second-order valence-corrected chi connectivity index (χ2v) is 10.6. The lowest BCUT2D eigenvalue weighted by Crippen LogP contribution is -2.41. The molecule has 3 aliphatic rings. The van der Waals surface area contributed by atoms with Crippen molar-refractivity contribution in [2.24, 2.45) is 0 Å². The summed E-state index contributed by atoms with van der Waals surface area (Å²) in [7, 11) is 0. The highest BCUT2D eigenvalue weighted by Gasteiger charge is 2.29. The summed E-state index contributed by atoms with van der Waals surface area (Å²) in [6.45, 7) is 6.88. The first-order valence-corrected chi connectivity index (χ1v) is 12.8. The Morgan fingerprint density at radius 3 is 2.68 bits per heavy atom. The molecule has 2 aliphatic heterocycles. The number of aryl methyl sites for hydroxylation is 1. The fourth-order valence-electron chi connectivity index (χ4n) is 5.16. The number of aromatic nitrogens is 1. The van der Waals surface area contributed by atoms with Crippen LogP contribution < -0.4 is 5.32 Å². The number of carbonyl (C=O) groups excluding carboxylic acids is 1. The van der Waals surface area contributed by atoms with Gasteiger partial charge in [0.1, 0.15) is 0 Å². The molecule has 5 rings (SSSR count). The number of nitrogens with zero attached hydrogens (tertiary/aromatic N) is 3. The lowest BCUT2D eigenvalue weighted by Gasteiger charge is -2.36. The van der Waals surface area contributed by atoms with Gasteiger partial charge in [0, 0.05) is 42.0 Å². The summed E-state index contributed by atoms with van der Waals surface area (Å²) < 4.78 is 0. The van der Waals surface area contributed by atoms with Crippen molar-refractivity contribution >= 4 is 22.9 Å². The molecule has 1 aliphatic carbocycles. The highest BCUT2D eigenvalue weighted by atomic mass is 32.1. The normalized spacial score (nSPS) is 21.3. The molecule has 0 unspecified atom stereocenters. The molecular weight excluding hydrogens is 404 g/mol. The zero-order chi connectivity index (χ0) is 21.2. The maximum absolute atomic E-state index is 12.4. The summed E-state index contributed by atoms with van der Waals surface area (Å²) in [4.78, 5) is 24.1. The average Bonchev–Trinajstić information content (AvgIpc) is 3.03. The highest BCUT2D eigenvalue weighted by molar-refractivity contribution is 7.11. The molecule has 0 radical (unpaired) electrons. The number of rotatable bonds is 5. The van der Waals surface area contributed by atoms with E-state index in [2.05, 4.69) is 15.1 Å². The highest BCUT2D eigenvalue weighted by Crippen LogP contribution is 2.35. The molecule has 1 amide bonds. The third-order valence-electron chi connectivity index (χ3n) is 7.25. The van der Waals surface area contributed by atoms with E-state index in [1.165, 1.54) is 54.4 Å². The van der Waals surface area contributed by atoms with Crippen LogP contribution in [0.4, 0.5) is 5.69 Å². The summed E-state index contributed by atoms with van der Waals surface area (Å²) in [6, 6.07) is 8.85. The molecule has 5 nitrogen and oxygen atoms in total. The minimum Gasteiger partial charge on any atom is -0.325 e. The molecule has 1 saturated heterocycles. The Bertz CT molecular complexity index is 888. The van der Waals surface area contributed by atoms with Gasteiger partial charge >= 0.3 is 0 Å². The van der Waals surface area contributed by atoms with Crippen LogP contribution in [0, 0.1) is 6.92 Å². The number of hydrogen-bond acceptors (Lipinski definition) is 5. The quantitative estimate of drug-likeness (QED) is 0.759. The molecule has 3 heterocycles. The van der Waals surface area contributed by atoms with Crippen molar-refractivity contribution in [1.82, 2.24) is 14.8 Å². The third kappa shape index (κ3) is 5.02. The summed E-state index contributed by atoms with van der Waals surface area (Å²) in [5.74, 6) is 0.650. The number of anilines is 1. The lowest BCUT2D eigenvalue weighted by molar-refractivity contribution is -0.117. The molecule has 2 aromatic rings. The van der Waals surface area contributed by atoms with Crippen LogP contribution in [0.25, 0.3) is 0 Å². The molecule has 0 atom stereocenters. The predicted molar refractivity (Wildman–Crippen MR) is 127 cm³/mol. The van der Waals surface area contributed by atoms with E-state index in [-0.39, 0.29) is 5.91 Å². The van der Waals surface area contributed by atoms with Gasteiger partial charge in [-0.05, 0) is 69.8 Å². The van der Waals surface area contributed by atoms with Crippen molar-refractivity contribution in [3.63, 3.8) is 0 Å². The van der Waals surface area contributed by atoms with E-state index < -0.39 is 0 Å². The topological polar surface area (TPSA) is 48.5 Å². The third-order valence-corrected chi connectivity index (χ3v) is 8.57. The van der Waals surface area contributed by atoms with Gasteiger partial charge in [0.15, 0.2) is 0 Å². The SMILES string of the molecule is Cc1cccc(NC(=O)CN2CCC(c3nc4c(s3)CCN(C3CCC3)CC4)CC2)c1. The van der Waals surface area contributed by atoms with Crippen LogP contribution in [-0.4, -0.2) is 59.5 Å². The van der Waals surface area contributed by atoms with Crippen molar-refractivity contribution in [3.05, 3.63) is 45.4 Å². The van der Waals surface area contributed by atoms with E-state index in [4.69, 9.17) is 4.98 Å². The monoisotopic (exact) mass is 438 g/mol. The van der Waals surface area contributed by atoms with Crippen LogP contribution in [0.3, 0.4) is 0 Å². The number of fused-ring (bicyclic) bond motifs is 1. The Labute approximate surface area is 189 Å². The first kappa shape index (κ1) is 21.1. The van der Waals surface area contributed by atoms with E-state index in [0.29, 0.717) is 12.5 Å². The fourth-order valence-corrected chi connectivity index (χ4v) is 6.43. The largest absolute Gasteiger partial charge is 0.325 e. The van der Waals surface area contributed by atoms with Gasteiger partial charge in [-0.25, -0.2) is 4.98 Å². The number of carbonyl (C=O) groups is 1. The minimum atomic E-state index is 0.0843. The van der Waals surface area contributed by atoms with Crippen molar-refractivity contribution in [3.8, 4) is 0 Å². The maximum atomic E-state index is 12.4. The van der Waals surface area contributed by atoms with Gasteiger partial charge in [-0.1, -0.05) is 18.6 Å². The Morgan fingerprint density at radius 2 is 1.94 bits per heavy atom. The van der Waals surface area contributed by atoms with Gasteiger partial charge in [0.25, 0.3) is 0 Å². The minimum absolute atomic E-state index is 0.0843. The number of thiazole rings is 1. The van der Waals surface area contributed by atoms with Crippen molar-refractivity contribution in [2.75, 3.05) is 38.0 Å². The lowest BCUT2D eigenvalue weighted by atomic mass is 9.91. The second-order valence-electron chi connectivity index (χ2n) is 9.51. The Hall–Kier alpha value is -1.76. The van der Waals surface area contributed by atoms with E-state index >= 15 is 0 Å².